The minimum Gasteiger partial charge on any atom is -0.465 e. The molecule has 1 heterocycles. The summed E-state index contributed by atoms with van der Waals surface area (Å²) in [6, 6.07) is 0.111. The predicted molar refractivity (Wildman–Crippen MR) is 66.0 cm³/mol. The zero-order chi connectivity index (χ0) is 12.7. The van der Waals surface area contributed by atoms with Gasteiger partial charge in [-0.25, -0.2) is 0 Å². The molecule has 0 aromatic rings. The summed E-state index contributed by atoms with van der Waals surface area (Å²) in [5, 5.41) is 3.24. The lowest BCUT2D eigenvalue weighted by molar-refractivity contribution is -0.152. The number of carbonyl (C=O) groups excluding carboxylic acids is 1. The number of piperazine rings is 1. The highest BCUT2D eigenvalue weighted by Gasteiger charge is 2.33. The Morgan fingerprint density at radius 1 is 1.53 bits per heavy atom. The van der Waals surface area contributed by atoms with Gasteiger partial charge < -0.3 is 14.8 Å². The third kappa shape index (κ3) is 3.94. The van der Waals surface area contributed by atoms with Crippen molar-refractivity contribution in [3.63, 3.8) is 0 Å². The fraction of sp³-hybridized carbons (Fsp3) is 0.917. The summed E-state index contributed by atoms with van der Waals surface area (Å²) in [6.45, 7) is 7.50. The number of esters is 1. The summed E-state index contributed by atoms with van der Waals surface area (Å²) >= 11 is 0. The number of methoxy groups -OCH3 is 1. The maximum Gasteiger partial charge on any atom is 0.324 e. The van der Waals surface area contributed by atoms with E-state index in [0.717, 1.165) is 19.5 Å². The van der Waals surface area contributed by atoms with E-state index < -0.39 is 0 Å². The van der Waals surface area contributed by atoms with Crippen molar-refractivity contribution in [2.75, 3.05) is 40.0 Å². The summed E-state index contributed by atoms with van der Waals surface area (Å²) in [5.41, 5.74) is 0. The summed E-state index contributed by atoms with van der Waals surface area (Å²) < 4.78 is 10.3. The molecule has 100 valence electrons. The second-order valence-electron chi connectivity index (χ2n) is 4.23. The van der Waals surface area contributed by atoms with Gasteiger partial charge in [-0.05, 0) is 13.3 Å². The van der Waals surface area contributed by atoms with Crippen LogP contribution in [0.15, 0.2) is 0 Å². The van der Waals surface area contributed by atoms with E-state index in [-0.39, 0.29) is 18.1 Å². The highest BCUT2D eigenvalue weighted by Crippen LogP contribution is 2.13. The number of carbonyl (C=O) groups is 1. The minimum absolute atomic E-state index is 0.130. The Morgan fingerprint density at radius 2 is 2.29 bits per heavy atom. The smallest absolute Gasteiger partial charge is 0.324 e. The van der Waals surface area contributed by atoms with Crippen molar-refractivity contribution in [3.8, 4) is 0 Å². The minimum atomic E-state index is -0.177. The van der Waals surface area contributed by atoms with E-state index in [4.69, 9.17) is 9.47 Å². The second-order valence-corrected chi connectivity index (χ2v) is 4.23. The van der Waals surface area contributed by atoms with E-state index in [2.05, 4.69) is 17.1 Å². The fourth-order valence-corrected chi connectivity index (χ4v) is 2.25. The zero-order valence-corrected chi connectivity index (χ0v) is 11.1. The third-order valence-corrected chi connectivity index (χ3v) is 3.14. The number of nitrogens with zero attached hydrogens (tertiary/aromatic N) is 1. The lowest BCUT2D eigenvalue weighted by Gasteiger charge is -2.39. The van der Waals surface area contributed by atoms with E-state index in [1.54, 1.807) is 7.11 Å². The number of nitrogens with one attached hydrogen (secondary N) is 1. The average molecular weight is 244 g/mol. The Kier molecular flexibility index (Phi) is 6.47. The highest BCUT2D eigenvalue weighted by molar-refractivity contribution is 5.76. The van der Waals surface area contributed by atoms with E-state index in [0.29, 0.717) is 19.8 Å². The number of ether oxygens (including phenoxy) is 2. The summed E-state index contributed by atoms with van der Waals surface area (Å²) in [6.07, 6.45) is 0.976. The normalized spacial score (nSPS) is 23.4. The lowest BCUT2D eigenvalue weighted by Crippen LogP contribution is -2.59. The third-order valence-electron chi connectivity index (χ3n) is 3.14. The Labute approximate surface area is 103 Å². The molecule has 2 unspecified atom stereocenters. The molecule has 5 heteroatoms. The van der Waals surface area contributed by atoms with Crippen LogP contribution in [0.5, 0.6) is 0 Å². The van der Waals surface area contributed by atoms with Crippen LogP contribution in [-0.4, -0.2) is 62.9 Å². The Morgan fingerprint density at radius 3 is 2.88 bits per heavy atom. The van der Waals surface area contributed by atoms with E-state index in [9.17, 15) is 4.79 Å². The number of hydrogen-bond donors (Lipinski definition) is 1. The van der Waals surface area contributed by atoms with Gasteiger partial charge in [0.15, 0.2) is 0 Å². The van der Waals surface area contributed by atoms with E-state index >= 15 is 0 Å². The molecular formula is C12H24N2O3. The fourth-order valence-electron chi connectivity index (χ4n) is 2.25. The molecule has 5 nitrogen and oxygen atoms in total. The molecule has 1 aliphatic heterocycles. The molecule has 0 aromatic heterocycles. The van der Waals surface area contributed by atoms with Crippen molar-refractivity contribution in [1.82, 2.24) is 10.2 Å². The van der Waals surface area contributed by atoms with Crippen molar-refractivity contribution in [2.24, 2.45) is 0 Å². The first-order chi connectivity index (χ1) is 8.24. The van der Waals surface area contributed by atoms with Crippen molar-refractivity contribution in [1.29, 1.82) is 0 Å². The molecule has 0 bridgehead atoms. The maximum atomic E-state index is 11.9. The van der Waals surface area contributed by atoms with Gasteiger partial charge in [-0.2, -0.15) is 0 Å². The molecule has 0 amide bonds. The van der Waals surface area contributed by atoms with Crippen LogP contribution in [0.3, 0.4) is 0 Å². The molecule has 1 rings (SSSR count). The first kappa shape index (κ1) is 14.4. The van der Waals surface area contributed by atoms with Crippen LogP contribution in [0.1, 0.15) is 20.3 Å². The van der Waals surface area contributed by atoms with Crippen molar-refractivity contribution in [3.05, 3.63) is 0 Å². The topological polar surface area (TPSA) is 50.8 Å². The van der Waals surface area contributed by atoms with Gasteiger partial charge in [0.05, 0.1) is 13.2 Å². The zero-order valence-electron chi connectivity index (χ0n) is 11.1. The van der Waals surface area contributed by atoms with Gasteiger partial charge in [0.2, 0.25) is 0 Å². The summed E-state index contributed by atoms with van der Waals surface area (Å²) in [4.78, 5) is 14.1. The molecule has 0 aromatic carbocycles. The first-order valence-electron chi connectivity index (χ1n) is 6.36. The number of hydrogen-bond acceptors (Lipinski definition) is 5. The standard InChI is InChI=1S/C12H24N2O3/c1-4-10(9-16-3)14-7-6-13-8-11(14)12(15)17-5-2/h10-11,13H,4-9H2,1-3H3. The monoisotopic (exact) mass is 244 g/mol. The van der Waals surface area contributed by atoms with Gasteiger partial charge in [-0.3, -0.25) is 9.69 Å². The van der Waals surface area contributed by atoms with Crippen LogP contribution in [-0.2, 0) is 14.3 Å². The molecule has 1 N–H and O–H groups in total. The van der Waals surface area contributed by atoms with E-state index in [1.165, 1.54) is 0 Å². The van der Waals surface area contributed by atoms with Crippen LogP contribution < -0.4 is 5.32 Å². The molecule has 0 radical (unpaired) electrons. The largest absolute Gasteiger partial charge is 0.465 e. The van der Waals surface area contributed by atoms with Gasteiger partial charge in [0, 0.05) is 32.8 Å². The first-order valence-corrected chi connectivity index (χ1v) is 6.36. The molecule has 0 saturated carbocycles. The quantitative estimate of drug-likeness (QED) is 0.679. The van der Waals surface area contributed by atoms with Crippen molar-refractivity contribution >= 4 is 5.97 Å². The molecule has 1 aliphatic rings. The highest BCUT2D eigenvalue weighted by atomic mass is 16.5. The van der Waals surface area contributed by atoms with Crippen LogP contribution in [0, 0.1) is 0 Å². The molecule has 17 heavy (non-hydrogen) atoms. The van der Waals surface area contributed by atoms with Crippen LogP contribution in [0.4, 0.5) is 0 Å². The Hall–Kier alpha value is -0.650. The Bertz CT molecular complexity index is 236. The lowest BCUT2D eigenvalue weighted by atomic mass is 10.1. The van der Waals surface area contributed by atoms with Gasteiger partial charge >= 0.3 is 5.97 Å². The van der Waals surface area contributed by atoms with Crippen LogP contribution >= 0.6 is 0 Å². The van der Waals surface area contributed by atoms with Crippen molar-refractivity contribution in [2.45, 2.75) is 32.4 Å². The summed E-state index contributed by atoms with van der Waals surface area (Å²) in [7, 11) is 1.70. The molecule has 0 aliphatic carbocycles. The molecule has 1 saturated heterocycles. The van der Waals surface area contributed by atoms with Crippen LogP contribution in [0.2, 0.25) is 0 Å². The molecule has 0 spiro atoms. The molecular weight excluding hydrogens is 220 g/mol. The van der Waals surface area contributed by atoms with Gasteiger partial charge in [-0.1, -0.05) is 6.92 Å². The number of rotatable bonds is 6. The van der Waals surface area contributed by atoms with Crippen LogP contribution in [0.25, 0.3) is 0 Å². The van der Waals surface area contributed by atoms with E-state index in [1.807, 2.05) is 6.92 Å². The second kappa shape index (κ2) is 7.63. The molecule has 1 fully saturated rings. The van der Waals surface area contributed by atoms with Crippen molar-refractivity contribution < 1.29 is 14.3 Å². The van der Waals surface area contributed by atoms with Gasteiger partial charge in [-0.15, -0.1) is 0 Å². The maximum absolute atomic E-state index is 11.9. The SMILES string of the molecule is CCOC(=O)C1CNCCN1C(CC)COC. The van der Waals surface area contributed by atoms with Gasteiger partial charge in [0.1, 0.15) is 6.04 Å². The van der Waals surface area contributed by atoms with Gasteiger partial charge in [0.25, 0.3) is 0 Å². The molecule has 2 atom stereocenters. The predicted octanol–water partition coefficient (Wildman–Crippen LogP) is 0.248. The summed E-state index contributed by atoms with van der Waals surface area (Å²) in [5.74, 6) is -0.130. The average Bonchev–Trinajstić information content (AvgIpc) is 2.36. The Balaban J connectivity index is 2.66.